The van der Waals surface area contributed by atoms with Gasteiger partial charge in [-0.25, -0.2) is 4.68 Å². The van der Waals surface area contributed by atoms with Gasteiger partial charge in [0.2, 0.25) is 6.79 Å². The predicted molar refractivity (Wildman–Crippen MR) is 143 cm³/mol. The van der Waals surface area contributed by atoms with Crippen LogP contribution in [0.3, 0.4) is 0 Å². The van der Waals surface area contributed by atoms with E-state index in [4.69, 9.17) is 21.1 Å². The van der Waals surface area contributed by atoms with Crippen molar-refractivity contribution in [3.05, 3.63) is 87.0 Å². The van der Waals surface area contributed by atoms with E-state index in [9.17, 15) is 14.4 Å². The molecule has 9 nitrogen and oxygen atoms in total. The number of anilines is 1. The number of hydrogen-bond donors (Lipinski definition) is 3. The van der Waals surface area contributed by atoms with Crippen LogP contribution in [-0.2, 0) is 16.1 Å². The normalized spacial score (nSPS) is 11.9. The number of rotatable bonds is 5. The summed E-state index contributed by atoms with van der Waals surface area (Å²) in [6, 6.07) is 17.3. The predicted octanol–water partition coefficient (Wildman–Crippen LogP) is 4.73. The van der Waals surface area contributed by atoms with Crippen LogP contribution in [0.4, 0.5) is 5.69 Å². The summed E-state index contributed by atoms with van der Waals surface area (Å²) in [7, 11) is 0. The maximum absolute atomic E-state index is 13.2. The molecule has 0 fully saturated rings. The third-order valence-corrected chi connectivity index (χ3v) is 6.57. The molecule has 0 saturated heterocycles. The lowest BCUT2D eigenvalue weighted by atomic mass is 10.2. The van der Waals surface area contributed by atoms with Crippen LogP contribution in [0, 0.1) is 6.92 Å². The monoisotopic (exact) mass is 582 g/mol. The van der Waals surface area contributed by atoms with E-state index in [1.54, 1.807) is 48.5 Å². The number of aromatic nitrogens is 1. The topological polar surface area (TPSA) is 111 Å². The summed E-state index contributed by atoms with van der Waals surface area (Å²) in [5, 5.41) is 6.47. The van der Waals surface area contributed by atoms with E-state index < -0.39 is 17.7 Å². The second-order valence-electron chi connectivity index (χ2n) is 8.32. The number of nitrogens with zero attached hydrogens (tertiary/aromatic N) is 1. The molecule has 5 rings (SSSR count). The molecule has 2 heterocycles. The van der Waals surface area contributed by atoms with Crippen LogP contribution in [-0.4, -0.2) is 29.2 Å². The molecule has 1 aliphatic heterocycles. The molecule has 1 aliphatic rings. The second-order valence-corrected chi connectivity index (χ2v) is 9.61. The fraction of sp³-hybridized carbons (Fsp3) is 0.115. The smallest absolute Gasteiger partial charge is 0.328 e. The first-order valence-corrected chi connectivity index (χ1v) is 12.3. The lowest BCUT2D eigenvalue weighted by molar-refractivity contribution is -0.136. The van der Waals surface area contributed by atoms with Gasteiger partial charge in [-0.05, 0) is 82.5 Å². The van der Waals surface area contributed by atoms with Crippen molar-refractivity contribution >= 4 is 61.8 Å². The van der Waals surface area contributed by atoms with Crippen molar-refractivity contribution in [2.75, 3.05) is 17.5 Å². The SMILES string of the molecule is Cc1ccc(NC(=O)c2cc3cc(Cl)ccc3n2NC(=O)C(=O)NCc2ccc3c(c2)OCO3)c(Br)c1. The van der Waals surface area contributed by atoms with Crippen molar-refractivity contribution in [3.8, 4) is 11.5 Å². The summed E-state index contributed by atoms with van der Waals surface area (Å²) in [6.45, 7) is 2.17. The molecule has 1 aromatic heterocycles. The van der Waals surface area contributed by atoms with Crippen LogP contribution in [0.15, 0.2) is 65.1 Å². The molecule has 37 heavy (non-hydrogen) atoms. The van der Waals surface area contributed by atoms with Gasteiger partial charge < -0.3 is 20.1 Å². The van der Waals surface area contributed by atoms with E-state index in [-0.39, 0.29) is 19.0 Å². The Morgan fingerprint density at radius 2 is 1.78 bits per heavy atom. The molecule has 11 heteroatoms. The summed E-state index contributed by atoms with van der Waals surface area (Å²) in [5.74, 6) is -1.11. The van der Waals surface area contributed by atoms with Crippen LogP contribution in [0.25, 0.3) is 10.9 Å². The number of halogens is 2. The van der Waals surface area contributed by atoms with Gasteiger partial charge in [0.15, 0.2) is 11.5 Å². The van der Waals surface area contributed by atoms with Gasteiger partial charge in [0, 0.05) is 21.4 Å². The number of carbonyl (C=O) groups is 3. The van der Waals surface area contributed by atoms with Crippen LogP contribution in [0.2, 0.25) is 5.02 Å². The maximum atomic E-state index is 13.2. The van der Waals surface area contributed by atoms with Crippen LogP contribution in [0.5, 0.6) is 11.5 Å². The molecular weight excluding hydrogens is 564 g/mol. The van der Waals surface area contributed by atoms with Gasteiger partial charge in [-0.15, -0.1) is 0 Å². The van der Waals surface area contributed by atoms with Gasteiger partial charge >= 0.3 is 11.8 Å². The highest BCUT2D eigenvalue weighted by atomic mass is 79.9. The van der Waals surface area contributed by atoms with Crippen LogP contribution in [0.1, 0.15) is 21.6 Å². The highest BCUT2D eigenvalue weighted by Crippen LogP contribution is 2.32. The average molecular weight is 584 g/mol. The third kappa shape index (κ3) is 5.25. The standard InChI is InChI=1S/C26H20BrClN4O5/c1-14-2-5-19(18(27)8-14)30-24(33)21-11-16-10-17(28)4-6-20(16)32(21)31-26(35)25(34)29-12-15-3-7-22-23(9-15)37-13-36-22/h2-11H,12-13H2,1H3,(H,29,34)(H,30,33)(H,31,35). The summed E-state index contributed by atoms with van der Waals surface area (Å²) in [4.78, 5) is 38.6. The quantitative estimate of drug-likeness (QED) is 0.294. The van der Waals surface area contributed by atoms with E-state index in [2.05, 4.69) is 32.0 Å². The maximum Gasteiger partial charge on any atom is 0.328 e. The summed E-state index contributed by atoms with van der Waals surface area (Å²) in [5.41, 5.74) is 5.44. The molecule has 0 aliphatic carbocycles. The molecule has 0 atom stereocenters. The van der Waals surface area contributed by atoms with Gasteiger partial charge in [0.25, 0.3) is 5.91 Å². The number of hydrogen-bond acceptors (Lipinski definition) is 5. The average Bonchev–Trinajstić information content (AvgIpc) is 3.48. The zero-order valence-corrected chi connectivity index (χ0v) is 21.8. The minimum atomic E-state index is -0.946. The van der Waals surface area contributed by atoms with Crippen LogP contribution >= 0.6 is 27.5 Å². The van der Waals surface area contributed by atoms with E-state index in [1.807, 2.05) is 19.1 Å². The van der Waals surface area contributed by atoms with E-state index in [0.29, 0.717) is 37.6 Å². The zero-order valence-electron chi connectivity index (χ0n) is 19.4. The van der Waals surface area contributed by atoms with E-state index in [1.165, 1.54) is 4.68 Å². The fourth-order valence-corrected chi connectivity index (χ4v) is 4.62. The number of aryl methyl sites for hydroxylation is 1. The number of carbonyl (C=O) groups excluding carboxylic acids is 3. The molecule has 188 valence electrons. The molecule has 0 spiro atoms. The molecule has 3 amide bonds. The largest absolute Gasteiger partial charge is 0.454 e. The van der Waals surface area contributed by atoms with E-state index in [0.717, 1.165) is 11.1 Å². The number of fused-ring (bicyclic) bond motifs is 2. The lowest BCUT2D eigenvalue weighted by Gasteiger charge is -2.13. The Morgan fingerprint density at radius 1 is 0.973 bits per heavy atom. The Balaban J connectivity index is 1.35. The molecule has 3 aromatic carbocycles. The lowest BCUT2D eigenvalue weighted by Crippen LogP contribution is -2.39. The first kappa shape index (κ1) is 24.7. The third-order valence-electron chi connectivity index (χ3n) is 5.68. The molecule has 0 saturated carbocycles. The fourth-order valence-electron chi connectivity index (χ4n) is 3.85. The van der Waals surface area contributed by atoms with Gasteiger partial charge in [0.1, 0.15) is 5.69 Å². The van der Waals surface area contributed by atoms with Crippen molar-refractivity contribution in [1.82, 2.24) is 9.99 Å². The Kier molecular flexibility index (Phi) is 6.77. The van der Waals surface area contributed by atoms with Gasteiger partial charge in [-0.1, -0.05) is 23.7 Å². The van der Waals surface area contributed by atoms with Crippen molar-refractivity contribution in [2.24, 2.45) is 0 Å². The van der Waals surface area contributed by atoms with Crippen molar-refractivity contribution in [3.63, 3.8) is 0 Å². The number of nitrogens with one attached hydrogen (secondary N) is 3. The van der Waals surface area contributed by atoms with Gasteiger partial charge in [-0.3, -0.25) is 19.8 Å². The number of ether oxygens (including phenoxy) is 2. The second kappa shape index (κ2) is 10.2. The van der Waals surface area contributed by atoms with Crippen LogP contribution < -0.4 is 25.5 Å². The van der Waals surface area contributed by atoms with Gasteiger partial charge in [-0.2, -0.15) is 0 Å². The molecule has 0 unspecified atom stereocenters. The highest BCUT2D eigenvalue weighted by molar-refractivity contribution is 9.10. The first-order chi connectivity index (χ1) is 17.8. The molecule has 0 radical (unpaired) electrons. The first-order valence-electron chi connectivity index (χ1n) is 11.1. The summed E-state index contributed by atoms with van der Waals surface area (Å²) < 4.78 is 12.6. The molecular formula is C26H20BrClN4O5. The van der Waals surface area contributed by atoms with Crippen molar-refractivity contribution in [2.45, 2.75) is 13.5 Å². The molecule has 0 bridgehead atoms. The van der Waals surface area contributed by atoms with E-state index >= 15 is 0 Å². The summed E-state index contributed by atoms with van der Waals surface area (Å²) in [6.07, 6.45) is 0. The Hall–Kier alpha value is -4.02. The van der Waals surface area contributed by atoms with Crippen molar-refractivity contribution in [1.29, 1.82) is 0 Å². The molecule has 4 aromatic rings. The Bertz CT molecular complexity index is 1570. The number of benzene rings is 3. The molecule has 3 N–H and O–H groups in total. The number of amides is 3. The minimum absolute atomic E-state index is 0.0969. The van der Waals surface area contributed by atoms with Gasteiger partial charge in [0.05, 0.1) is 11.2 Å². The Labute approximate surface area is 224 Å². The highest BCUT2D eigenvalue weighted by Gasteiger charge is 2.22. The summed E-state index contributed by atoms with van der Waals surface area (Å²) >= 11 is 9.58. The zero-order chi connectivity index (χ0) is 26.1. The minimum Gasteiger partial charge on any atom is -0.454 e. The van der Waals surface area contributed by atoms with Crippen molar-refractivity contribution < 1.29 is 23.9 Å². The Morgan fingerprint density at radius 3 is 2.59 bits per heavy atom.